The van der Waals surface area contributed by atoms with Crippen molar-refractivity contribution in [1.82, 2.24) is 5.32 Å². The van der Waals surface area contributed by atoms with E-state index in [1.807, 2.05) is 6.92 Å². The smallest absolute Gasteiger partial charge is 0.249 e. The largest absolute Gasteiger partial charge is 0.394 e. The number of amides is 1. The molecule has 1 fully saturated rings. The molecule has 344 valence electrons. The van der Waals surface area contributed by atoms with Gasteiger partial charge in [-0.25, -0.2) is 0 Å². The molecular weight excluding hydrogens is 739 g/mol. The van der Waals surface area contributed by atoms with E-state index in [-0.39, 0.29) is 12.8 Å². The maximum atomic E-state index is 12.9. The molecule has 11 heteroatoms. The summed E-state index contributed by atoms with van der Waals surface area (Å²) < 4.78 is 10.9. The molecule has 0 aromatic carbocycles. The Morgan fingerprint density at radius 3 is 1.47 bits per heavy atom. The molecule has 9 unspecified atom stereocenters. The van der Waals surface area contributed by atoms with E-state index in [1.54, 1.807) is 0 Å². The topological polar surface area (TPSA) is 189 Å². The van der Waals surface area contributed by atoms with E-state index in [4.69, 9.17) is 9.47 Å². The van der Waals surface area contributed by atoms with Gasteiger partial charge in [0.25, 0.3) is 0 Å². The van der Waals surface area contributed by atoms with Crippen molar-refractivity contribution < 1.29 is 50.0 Å². The minimum Gasteiger partial charge on any atom is -0.394 e. The molecule has 0 aliphatic carbocycles. The first-order valence-electron chi connectivity index (χ1n) is 24.1. The Hall–Kier alpha value is -1.15. The summed E-state index contributed by atoms with van der Waals surface area (Å²) in [5.41, 5.74) is 0. The van der Waals surface area contributed by atoms with Crippen molar-refractivity contribution in [3.8, 4) is 0 Å². The zero-order valence-corrected chi connectivity index (χ0v) is 37.0. The van der Waals surface area contributed by atoms with Gasteiger partial charge < -0.3 is 50.5 Å². The van der Waals surface area contributed by atoms with Crippen LogP contribution in [0, 0.1) is 0 Å². The maximum absolute atomic E-state index is 12.9. The summed E-state index contributed by atoms with van der Waals surface area (Å²) in [6.45, 7) is 3.17. The Bertz CT molecular complexity index is 954. The highest BCUT2D eigenvalue weighted by Gasteiger charge is 2.44. The number of nitrogens with one attached hydrogen (secondary N) is 1. The van der Waals surface area contributed by atoms with E-state index in [2.05, 4.69) is 24.4 Å². The van der Waals surface area contributed by atoms with E-state index in [9.17, 15) is 40.5 Å². The number of unbranched alkanes of at least 4 members (excludes halogenated alkanes) is 26. The zero-order chi connectivity index (χ0) is 42.6. The molecule has 0 spiro atoms. The molecule has 1 heterocycles. The molecule has 0 bridgehead atoms. The number of allylic oxidation sites excluding steroid dienone is 2. The molecule has 1 saturated heterocycles. The van der Waals surface area contributed by atoms with E-state index in [1.165, 1.54) is 148 Å². The van der Waals surface area contributed by atoms with Crippen molar-refractivity contribution in [1.29, 1.82) is 0 Å². The van der Waals surface area contributed by atoms with E-state index < -0.39 is 74.2 Å². The monoisotopic (exact) mass is 830 g/mol. The normalized spacial score (nSPS) is 22.0. The second-order valence-electron chi connectivity index (χ2n) is 17.2. The van der Waals surface area contributed by atoms with Crippen LogP contribution in [0.1, 0.15) is 213 Å². The summed E-state index contributed by atoms with van der Waals surface area (Å²) in [5.74, 6) is -0.707. The number of aliphatic hydroxyl groups is 7. The SMILES string of the molecule is CCCCCCCCCCCCCC/C=C\CCCCCCCCCCCCCCCC(O)C(=O)NC(COC1OC(CO)C(O)C(O)C1O)C(O)C(O)CCCC. The molecule has 1 aliphatic heterocycles. The average Bonchev–Trinajstić information content (AvgIpc) is 3.22. The average molecular weight is 830 g/mol. The fraction of sp³-hybridized carbons (Fsp3) is 0.936. The fourth-order valence-electron chi connectivity index (χ4n) is 7.77. The second-order valence-corrected chi connectivity index (χ2v) is 17.2. The second kappa shape index (κ2) is 37.6. The zero-order valence-electron chi connectivity index (χ0n) is 37.0. The highest BCUT2D eigenvalue weighted by Crippen LogP contribution is 2.23. The van der Waals surface area contributed by atoms with Crippen molar-refractivity contribution in [2.24, 2.45) is 0 Å². The fourth-order valence-corrected chi connectivity index (χ4v) is 7.77. The number of aliphatic hydroxyl groups excluding tert-OH is 7. The third-order valence-electron chi connectivity index (χ3n) is 11.8. The first-order valence-corrected chi connectivity index (χ1v) is 24.1. The molecule has 8 N–H and O–H groups in total. The van der Waals surface area contributed by atoms with Crippen LogP contribution in [-0.2, 0) is 14.3 Å². The number of carbonyl (C=O) groups is 1. The first kappa shape index (κ1) is 54.9. The van der Waals surface area contributed by atoms with E-state index in [0.29, 0.717) is 12.8 Å². The molecule has 1 aliphatic rings. The van der Waals surface area contributed by atoms with Gasteiger partial charge in [-0.2, -0.15) is 0 Å². The predicted molar refractivity (Wildman–Crippen MR) is 233 cm³/mol. The summed E-state index contributed by atoms with van der Waals surface area (Å²) >= 11 is 0. The molecule has 9 atom stereocenters. The Morgan fingerprint density at radius 1 is 0.586 bits per heavy atom. The first-order chi connectivity index (χ1) is 28.2. The third-order valence-corrected chi connectivity index (χ3v) is 11.8. The summed E-state index contributed by atoms with van der Waals surface area (Å²) in [6, 6.07) is -1.16. The minimum absolute atomic E-state index is 0.260. The molecule has 11 nitrogen and oxygen atoms in total. The Morgan fingerprint density at radius 2 is 1.02 bits per heavy atom. The van der Waals surface area contributed by atoms with Gasteiger partial charge in [-0.1, -0.05) is 187 Å². The summed E-state index contributed by atoms with van der Waals surface area (Å²) in [5, 5.41) is 74.4. The van der Waals surface area contributed by atoms with Crippen LogP contribution in [0.25, 0.3) is 0 Å². The molecule has 58 heavy (non-hydrogen) atoms. The molecule has 0 radical (unpaired) electrons. The van der Waals surface area contributed by atoms with Crippen LogP contribution in [0.5, 0.6) is 0 Å². The van der Waals surface area contributed by atoms with Crippen molar-refractivity contribution in [2.45, 2.75) is 268 Å². The van der Waals surface area contributed by atoms with E-state index >= 15 is 0 Å². The summed E-state index contributed by atoms with van der Waals surface area (Å²) in [4.78, 5) is 12.9. The van der Waals surface area contributed by atoms with Crippen molar-refractivity contribution in [2.75, 3.05) is 13.2 Å². The molecule has 0 aromatic heterocycles. The van der Waals surface area contributed by atoms with Crippen LogP contribution >= 0.6 is 0 Å². The molecular formula is C47H91NO10. The van der Waals surface area contributed by atoms with Gasteiger partial charge in [-0.3, -0.25) is 4.79 Å². The highest BCUT2D eigenvalue weighted by molar-refractivity contribution is 5.80. The Balaban J connectivity index is 2.08. The predicted octanol–water partition coefficient (Wildman–Crippen LogP) is 8.06. The van der Waals surface area contributed by atoms with Crippen LogP contribution < -0.4 is 5.32 Å². The standard InChI is InChI=1S/C47H91NO10/c1-3-5-7-8-9-10-11-12-13-14-15-16-17-18-19-20-21-22-23-24-25-26-27-28-29-30-31-32-33-35-40(51)46(56)48-38(42(52)39(50)34-6-4-2)37-57-47-45(55)44(54)43(53)41(36-49)58-47/h18-19,38-45,47,49-55H,3-17,20-37H2,1-2H3,(H,48,56)/b19-18-. The minimum atomic E-state index is -1.65. The lowest BCUT2D eigenvalue weighted by Gasteiger charge is -2.40. The lowest BCUT2D eigenvalue weighted by Crippen LogP contribution is -2.60. The molecule has 0 saturated carbocycles. The van der Waals surface area contributed by atoms with Gasteiger partial charge in [-0.15, -0.1) is 0 Å². The van der Waals surface area contributed by atoms with Crippen molar-refractivity contribution in [3.63, 3.8) is 0 Å². The third kappa shape index (κ3) is 26.9. The van der Waals surface area contributed by atoms with Gasteiger partial charge in [0.1, 0.15) is 36.6 Å². The molecule has 0 aromatic rings. The van der Waals surface area contributed by atoms with Crippen LogP contribution in [-0.4, -0.2) is 110 Å². The van der Waals surface area contributed by atoms with Crippen LogP contribution in [0.2, 0.25) is 0 Å². The summed E-state index contributed by atoms with van der Waals surface area (Å²) in [7, 11) is 0. The van der Waals surface area contributed by atoms with Gasteiger partial charge in [0.15, 0.2) is 6.29 Å². The van der Waals surface area contributed by atoms with Gasteiger partial charge >= 0.3 is 0 Å². The Labute approximate surface area is 353 Å². The maximum Gasteiger partial charge on any atom is 0.249 e. The van der Waals surface area contributed by atoms with Gasteiger partial charge in [0.05, 0.1) is 25.4 Å². The Kier molecular flexibility index (Phi) is 35.6. The van der Waals surface area contributed by atoms with Crippen molar-refractivity contribution >= 4 is 5.91 Å². The summed E-state index contributed by atoms with van der Waals surface area (Å²) in [6.07, 6.45) is 30.2. The highest BCUT2D eigenvalue weighted by atomic mass is 16.7. The van der Waals surface area contributed by atoms with Gasteiger partial charge in [-0.05, 0) is 38.5 Å². The van der Waals surface area contributed by atoms with E-state index in [0.717, 1.165) is 25.7 Å². The quantitative estimate of drug-likeness (QED) is 0.0222. The lowest BCUT2D eigenvalue weighted by molar-refractivity contribution is -0.303. The van der Waals surface area contributed by atoms with Gasteiger partial charge in [0.2, 0.25) is 5.91 Å². The lowest BCUT2D eigenvalue weighted by atomic mass is 9.99. The number of rotatable bonds is 40. The van der Waals surface area contributed by atoms with Crippen molar-refractivity contribution in [3.05, 3.63) is 12.2 Å². The molecule has 1 amide bonds. The number of ether oxygens (including phenoxy) is 2. The number of carbonyl (C=O) groups excluding carboxylic acids is 1. The van der Waals surface area contributed by atoms with Gasteiger partial charge in [0, 0.05) is 0 Å². The van der Waals surface area contributed by atoms with Crippen LogP contribution in [0.15, 0.2) is 12.2 Å². The van der Waals surface area contributed by atoms with Crippen LogP contribution in [0.3, 0.4) is 0 Å². The number of hydrogen-bond acceptors (Lipinski definition) is 10. The molecule has 1 rings (SSSR count). The number of hydrogen-bond donors (Lipinski definition) is 8. The van der Waals surface area contributed by atoms with Crippen LogP contribution in [0.4, 0.5) is 0 Å².